The molecule has 1 amide bonds. The number of nitrogens with one attached hydrogen (secondary N) is 1. The Labute approximate surface area is 101 Å². The van der Waals surface area contributed by atoms with Crippen LogP contribution < -0.4 is 16.8 Å². The third-order valence-corrected chi connectivity index (χ3v) is 2.19. The first-order valence-corrected chi connectivity index (χ1v) is 5.65. The summed E-state index contributed by atoms with van der Waals surface area (Å²) in [6.45, 7) is 3.86. The molecule has 5 nitrogen and oxygen atoms in total. The summed E-state index contributed by atoms with van der Waals surface area (Å²) >= 11 is 0. The van der Waals surface area contributed by atoms with Crippen LogP contribution in [0.2, 0.25) is 0 Å². The molecule has 0 radical (unpaired) electrons. The summed E-state index contributed by atoms with van der Waals surface area (Å²) in [4.78, 5) is 11.7. The molecule has 0 aliphatic carbocycles. The van der Waals surface area contributed by atoms with Crippen molar-refractivity contribution in [3.05, 3.63) is 23.8 Å². The van der Waals surface area contributed by atoms with E-state index >= 15 is 0 Å². The van der Waals surface area contributed by atoms with Gasteiger partial charge in [-0.15, -0.1) is 0 Å². The second-order valence-corrected chi connectivity index (χ2v) is 3.69. The predicted octanol–water partition coefficient (Wildman–Crippen LogP) is 1.01. The molecule has 0 unspecified atom stereocenters. The van der Waals surface area contributed by atoms with Crippen LogP contribution in [0.3, 0.4) is 0 Å². The second kappa shape index (κ2) is 6.75. The highest BCUT2D eigenvalue weighted by Gasteiger charge is 2.06. The maximum absolute atomic E-state index is 11.7. The third kappa shape index (κ3) is 4.74. The molecule has 0 saturated carbocycles. The number of rotatable bonds is 6. The monoisotopic (exact) mass is 237 g/mol. The number of nitrogens with two attached hydrogens (primary N) is 2. The van der Waals surface area contributed by atoms with Crippen LogP contribution in [0.25, 0.3) is 0 Å². The number of benzene rings is 1. The van der Waals surface area contributed by atoms with Crippen LogP contribution in [0.5, 0.6) is 0 Å². The van der Waals surface area contributed by atoms with Crippen molar-refractivity contribution in [3.8, 4) is 0 Å². The minimum Gasteiger partial charge on any atom is -0.399 e. The van der Waals surface area contributed by atoms with Crippen molar-refractivity contribution >= 4 is 17.3 Å². The quantitative estimate of drug-likeness (QED) is 0.508. The SMILES string of the molecule is CCOCCCNC(=O)c1cc(N)cc(N)c1. The summed E-state index contributed by atoms with van der Waals surface area (Å²) in [5.41, 5.74) is 12.7. The fourth-order valence-electron chi connectivity index (χ4n) is 1.43. The van der Waals surface area contributed by atoms with Crippen molar-refractivity contribution in [2.75, 3.05) is 31.2 Å². The van der Waals surface area contributed by atoms with Crippen LogP contribution in [-0.2, 0) is 4.74 Å². The molecular weight excluding hydrogens is 218 g/mol. The lowest BCUT2D eigenvalue weighted by Crippen LogP contribution is -2.25. The topological polar surface area (TPSA) is 90.4 Å². The molecule has 94 valence electrons. The molecule has 5 N–H and O–H groups in total. The van der Waals surface area contributed by atoms with E-state index in [0.717, 1.165) is 6.42 Å². The lowest BCUT2D eigenvalue weighted by molar-refractivity contribution is 0.0944. The standard InChI is InChI=1S/C12H19N3O2/c1-2-17-5-3-4-15-12(16)9-6-10(13)8-11(14)7-9/h6-8H,2-5,13-14H2,1H3,(H,15,16). The van der Waals surface area contributed by atoms with Gasteiger partial charge in [-0.05, 0) is 31.5 Å². The molecule has 0 bridgehead atoms. The van der Waals surface area contributed by atoms with Gasteiger partial charge in [0.1, 0.15) is 0 Å². The number of carbonyl (C=O) groups excluding carboxylic acids is 1. The van der Waals surface area contributed by atoms with Crippen LogP contribution in [0.1, 0.15) is 23.7 Å². The first-order valence-electron chi connectivity index (χ1n) is 5.65. The first-order chi connectivity index (χ1) is 8.13. The maximum atomic E-state index is 11.7. The van der Waals surface area contributed by atoms with Crippen molar-refractivity contribution in [3.63, 3.8) is 0 Å². The molecule has 0 aliphatic rings. The molecule has 0 atom stereocenters. The van der Waals surface area contributed by atoms with Gasteiger partial charge in [-0.3, -0.25) is 4.79 Å². The predicted molar refractivity (Wildman–Crippen MR) is 68.7 cm³/mol. The molecule has 5 heteroatoms. The Hall–Kier alpha value is -1.75. The molecule has 0 aliphatic heterocycles. The van der Waals surface area contributed by atoms with E-state index < -0.39 is 0 Å². The van der Waals surface area contributed by atoms with Gasteiger partial charge in [0.05, 0.1) is 0 Å². The van der Waals surface area contributed by atoms with E-state index in [1.165, 1.54) is 0 Å². The number of hydrogen-bond donors (Lipinski definition) is 3. The molecule has 1 aromatic carbocycles. The first kappa shape index (κ1) is 13.3. The zero-order valence-corrected chi connectivity index (χ0v) is 10.0. The van der Waals surface area contributed by atoms with Gasteiger partial charge in [-0.25, -0.2) is 0 Å². The molecule has 1 rings (SSSR count). The number of nitrogen functional groups attached to an aromatic ring is 2. The molecule has 0 aromatic heterocycles. The summed E-state index contributed by atoms with van der Waals surface area (Å²) in [6, 6.07) is 4.83. The van der Waals surface area contributed by atoms with Crippen LogP contribution in [0.15, 0.2) is 18.2 Å². The molecule has 17 heavy (non-hydrogen) atoms. The lowest BCUT2D eigenvalue weighted by Gasteiger charge is -2.07. The van der Waals surface area contributed by atoms with Gasteiger partial charge in [-0.1, -0.05) is 0 Å². The Morgan fingerprint density at radius 1 is 1.29 bits per heavy atom. The van der Waals surface area contributed by atoms with Crippen molar-refractivity contribution < 1.29 is 9.53 Å². The minimum absolute atomic E-state index is 0.166. The van der Waals surface area contributed by atoms with Crippen LogP contribution in [0.4, 0.5) is 11.4 Å². The van der Waals surface area contributed by atoms with E-state index in [-0.39, 0.29) is 5.91 Å². The number of ether oxygens (including phenoxy) is 1. The van der Waals surface area contributed by atoms with E-state index in [1.807, 2.05) is 6.92 Å². The number of carbonyl (C=O) groups is 1. The van der Waals surface area contributed by atoms with E-state index in [4.69, 9.17) is 16.2 Å². The third-order valence-electron chi connectivity index (χ3n) is 2.19. The average Bonchev–Trinajstić information content (AvgIpc) is 2.27. The average molecular weight is 237 g/mol. The summed E-state index contributed by atoms with van der Waals surface area (Å²) in [7, 11) is 0. The number of amides is 1. The van der Waals surface area contributed by atoms with Crippen molar-refractivity contribution in [2.45, 2.75) is 13.3 Å². The lowest BCUT2D eigenvalue weighted by atomic mass is 10.1. The Bertz CT molecular complexity index is 360. The van der Waals surface area contributed by atoms with Crippen LogP contribution in [0, 0.1) is 0 Å². The maximum Gasteiger partial charge on any atom is 0.251 e. The highest BCUT2D eigenvalue weighted by Crippen LogP contribution is 2.13. The Balaban J connectivity index is 2.41. The van der Waals surface area contributed by atoms with E-state index in [0.29, 0.717) is 36.7 Å². The summed E-state index contributed by atoms with van der Waals surface area (Å²) in [5.74, 6) is -0.166. The van der Waals surface area contributed by atoms with E-state index in [2.05, 4.69) is 5.32 Å². The van der Waals surface area contributed by atoms with Crippen molar-refractivity contribution in [1.82, 2.24) is 5.32 Å². The molecular formula is C12H19N3O2. The van der Waals surface area contributed by atoms with Crippen LogP contribution in [-0.4, -0.2) is 25.7 Å². The Morgan fingerprint density at radius 2 is 1.94 bits per heavy atom. The van der Waals surface area contributed by atoms with Gasteiger partial charge < -0.3 is 21.5 Å². The van der Waals surface area contributed by atoms with Crippen molar-refractivity contribution in [2.24, 2.45) is 0 Å². The molecule has 0 saturated heterocycles. The Morgan fingerprint density at radius 3 is 2.53 bits per heavy atom. The zero-order valence-electron chi connectivity index (χ0n) is 10.0. The molecule has 0 spiro atoms. The molecule has 0 heterocycles. The highest BCUT2D eigenvalue weighted by molar-refractivity contribution is 5.96. The second-order valence-electron chi connectivity index (χ2n) is 3.69. The number of anilines is 2. The number of hydrogen-bond acceptors (Lipinski definition) is 4. The smallest absolute Gasteiger partial charge is 0.251 e. The summed E-state index contributed by atoms with van der Waals surface area (Å²) < 4.78 is 5.17. The van der Waals surface area contributed by atoms with Gasteiger partial charge >= 0.3 is 0 Å². The fourth-order valence-corrected chi connectivity index (χ4v) is 1.43. The largest absolute Gasteiger partial charge is 0.399 e. The van der Waals surface area contributed by atoms with E-state index in [9.17, 15) is 4.79 Å². The molecule has 0 fully saturated rings. The summed E-state index contributed by atoms with van der Waals surface area (Å²) in [5, 5.41) is 2.78. The summed E-state index contributed by atoms with van der Waals surface area (Å²) in [6.07, 6.45) is 0.789. The van der Waals surface area contributed by atoms with Gasteiger partial charge in [0.2, 0.25) is 0 Å². The normalized spacial score (nSPS) is 10.2. The van der Waals surface area contributed by atoms with Crippen molar-refractivity contribution in [1.29, 1.82) is 0 Å². The zero-order chi connectivity index (χ0) is 12.7. The van der Waals surface area contributed by atoms with Crippen LogP contribution >= 0.6 is 0 Å². The van der Waals surface area contributed by atoms with Gasteiger partial charge in [0.15, 0.2) is 0 Å². The fraction of sp³-hybridized carbons (Fsp3) is 0.417. The van der Waals surface area contributed by atoms with E-state index in [1.54, 1.807) is 18.2 Å². The van der Waals surface area contributed by atoms with Gasteiger partial charge in [0.25, 0.3) is 5.91 Å². The highest BCUT2D eigenvalue weighted by atomic mass is 16.5. The van der Waals surface area contributed by atoms with Gasteiger partial charge in [-0.2, -0.15) is 0 Å². The Kier molecular flexibility index (Phi) is 5.29. The van der Waals surface area contributed by atoms with Gasteiger partial charge in [0, 0.05) is 36.7 Å². The molecule has 1 aromatic rings. The minimum atomic E-state index is -0.166.